The predicted octanol–water partition coefficient (Wildman–Crippen LogP) is 3.86. The molecule has 1 fully saturated rings. The molecule has 0 saturated carbocycles. The lowest BCUT2D eigenvalue weighted by molar-refractivity contribution is -0.210. The van der Waals surface area contributed by atoms with E-state index >= 15 is 0 Å². The molecule has 1 saturated heterocycles. The summed E-state index contributed by atoms with van der Waals surface area (Å²) in [5.41, 5.74) is -2.80. The van der Waals surface area contributed by atoms with Gasteiger partial charge in [0.15, 0.2) is 0 Å². The van der Waals surface area contributed by atoms with Crippen LogP contribution in [-0.4, -0.2) is 64.2 Å². The van der Waals surface area contributed by atoms with Crippen molar-refractivity contribution in [2.75, 3.05) is 14.1 Å². The molecule has 6 amide bonds. The fourth-order valence-corrected chi connectivity index (χ4v) is 4.76. The Labute approximate surface area is 212 Å². The molecule has 2 aromatic rings. The Bertz CT molecular complexity index is 1230. The van der Waals surface area contributed by atoms with Gasteiger partial charge in [-0.2, -0.15) is 0 Å². The second kappa shape index (κ2) is 8.51. The zero-order valence-electron chi connectivity index (χ0n) is 17.4. The summed E-state index contributed by atoms with van der Waals surface area (Å²) in [7, 11) is 2.29. The van der Waals surface area contributed by atoms with Crippen molar-refractivity contribution in [3.05, 3.63) is 67.1 Å². The first-order chi connectivity index (χ1) is 15.9. The van der Waals surface area contributed by atoms with Gasteiger partial charge < -0.3 is 0 Å². The van der Waals surface area contributed by atoms with Crippen molar-refractivity contribution in [1.82, 2.24) is 14.9 Å². The molecule has 0 bridgehead atoms. The van der Waals surface area contributed by atoms with Crippen LogP contribution in [0.1, 0.15) is 26.3 Å². The van der Waals surface area contributed by atoms with Crippen LogP contribution >= 0.6 is 46.4 Å². The van der Waals surface area contributed by atoms with Gasteiger partial charge in [-0.25, -0.2) is 9.63 Å². The Morgan fingerprint density at radius 3 is 1.62 bits per heavy atom. The number of urea groups is 1. The Balaban J connectivity index is 1.86. The summed E-state index contributed by atoms with van der Waals surface area (Å²) >= 11 is 24.3. The fraction of sp³-hybridized carbons (Fsp3) is 0.190. The van der Waals surface area contributed by atoms with Crippen molar-refractivity contribution in [2.24, 2.45) is 0 Å². The Hall–Kier alpha value is -2.69. The SMILES string of the molecule is CN1C(=O)N(C)C(=O)C(Cc2ccccc2)(ON2C(=O)c3c(Cl)c(Cl)c(Cl)c(Cl)c3C2=O)C1=O. The van der Waals surface area contributed by atoms with E-state index in [1.807, 2.05) is 0 Å². The second-order valence-electron chi connectivity index (χ2n) is 7.50. The number of hydrogen-bond acceptors (Lipinski definition) is 6. The number of barbiturate groups is 1. The minimum Gasteiger partial charge on any atom is -0.270 e. The summed E-state index contributed by atoms with van der Waals surface area (Å²) in [6.07, 6.45) is -0.399. The molecule has 0 aromatic heterocycles. The van der Waals surface area contributed by atoms with Gasteiger partial charge >= 0.3 is 6.03 Å². The van der Waals surface area contributed by atoms with E-state index in [1.54, 1.807) is 30.3 Å². The summed E-state index contributed by atoms with van der Waals surface area (Å²) in [6, 6.07) is 7.34. The van der Waals surface area contributed by atoms with Gasteiger partial charge in [0.05, 0.1) is 31.2 Å². The topological polar surface area (TPSA) is 104 Å². The van der Waals surface area contributed by atoms with Crippen LogP contribution < -0.4 is 0 Å². The van der Waals surface area contributed by atoms with Crippen LogP contribution in [0.25, 0.3) is 0 Å². The number of likely N-dealkylation sites (N-methyl/N-ethyl adjacent to an activating group) is 2. The van der Waals surface area contributed by atoms with Gasteiger partial charge in [0.1, 0.15) is 0 Å². The number of rotatable bonds is 4. The lowest BCUT2D eigenvalue weighted by atomic mass is 9.90. The molecule has 0 atom stereocenters. The normalized spacial score (nSPS) is 17.7. The van der Waals surface area contributed by atoms with Crippen LogP contribution in [0.4, 0.5) is 4.79 Å². The lowest BCUT2D eigenvalue weighted by Crippen LogP contribution is -2.70. The number of nitrogens with zero attached hydrogens (tertiary/aromatic N) is 3. The molecule has 4 rings (SSSR count). The number of carbonyl (C=O) groups is 5. The van der Waals surface area contributed by atoms with Crippen molar-refractivity contribution in [3.8, 4) is 0 Å². The maximum Gasteiger partial charge on any atom is 0.333 e. The number of imide groups is 3. The Morgan fingerprint density at radius 1 is 0.735 bits per heavy atom. The van der Waals surface area contributed by atoms with Crippen molar-refractivity contribution < 1.29 is 28.8 Å². The number of amides is 6. The summed E-state index contributed by atoms with van der Waals surface area (Å²) in [5.74, 6) is -4.37. The van der Waals surface area contributed by atoms with E-state index in [0.29, 0.717) is 15.4 Å². The molecule has 34 heavy (non-hydrogen) atoms. The number of fused-ring (bicyclic) bond motifs is 1. The third-order valence-electron chi connectivity index (χ3n) is 5.48. The molecule has 0 N–H and O–H groups in total. The first kappa shape index (κ1) is 24.4. The van der Waals surface area contributed by atoms with Gasteiger partial charge in [0.25, 0.3) is 29.2 Å². The molecule has 2 aromatic carbocycles. The average molecular weight is 545 g/mol. The third kappa shape index (κ3) is 3.38. The largest absolute Gasteiger partial charge is 0.333 e. The van der Waals surface area contributed by atoms with Crippen molar-refractivity contribution in [1.29, 1.82) is 0 Å². The van der Waals surface area contributed by atoms with E-state index in [2.05, 4.69) is 0 Å². The molecule has 2 heterocycles. The maximum atomic E-state index is 13.3. The highest BCUT2D eigenvalue weighted by Crippen LogP contribution is 2.45. The molecule has 2 aliphatic heterocycles. The van der Waals surface area contributed by atoms with E-state index < -0.39 is 52.8 Å². The first-order valence-electron chi connectivity index (χ1n) is 9.52. The molecule has 0 radical (unpaired) electrons. The van der Waals surface area contributed by atoms with Crippen molar-refractivity contribution in [2.45, 2.75) is 12.0 Å². The number of hydrogen-bond donors (Lipinski definition) is 0. The monoisotopic (exact) mass is 543 g/mol. The summed E-state index contributed by atoms with van der Waals surface area (Å²) in [5, 5.41) is -1.00. The smallest absolute Gasteiger partial charge is 0.270 e. The van der Waals surface area contributed by atoms with Crippen LogP contribution in [0.5, 0.6) is 0 Å². The summed E-state index contributed by atoms with van der Waals surface area (Å²) < 4.78 is 0. The highest BCUT2D eigenvalue weighted by molar-refractivity contribution is 6.55. The highest BCUT2D eigenvalue weighted by Gasteiger charge is 2.60. The molecule has 0 aliphatic carbocycles. The molecule has 176 valence electrons. The number of carbonyl (C=O) groups excluding carboxylic acids is 5. The predicted molar refractivity (Wildman–Crippen MR) is 122 cm³/mol. The summed E-state index contributed by atoms with van der Waals surface area (Å²) in [4.78, 5) is 72.3. The Kier molecular flexibility index (Phi) is 6.12. The quantitative estimate of drug-likeness (QED) is 0.250. The summed E-state index contributed by atoms with van der Waals surface area (Å²) in [6.45, 7) is 0. The van der Waals surface area contributed by atoms with Crippen molar-refractivity contribution in [3.63, 3.8) is 0 Å². The van der Waals surface area contributed by atoms with E-state index in [4.69, 9.17) is 51.2 Å². The number of benzene rings is 2. The zero-order chi connectivity index (χ0) is 25.1. The van der Waals surface area contributed by atoms with Crippen LogP contribution in [-0.2, 0) is 20.8 Å². The molecular formula is C21H13Cl4N3O6. The van der Waals surface area contributed by atoms with E-state index in [0.717, 1.165) is 14.1 Å². The van der Waals surface area contributed by atoms with Crippen LogP contribution in [0.3, 0.4) is 0 Å². The van der Waals surface area contributed by atoms with E-state index in [1.165, 1.54) is 0 Å². The van der Waals surface area contributed by atoms with Crippen LogP contribution in [0.2, 0.25) is 20.1 Å². The van der Waals surface area contributed by atoms with Gasteiger partial charge in [-0.15, -0.1) is 5.06 Å². The molecule has 0 unspecified atom stereocenters. The van der Waals surface area contributed by atoms with Gasteiger partial charge in [0.2, 0.25) is 0 Å². The number of hydroxylamine groups is 2. The standard InChI is InChI=1S/C21H13Cl4N3O6/c1-26-18(31)21(19(32)27(2)20(26)33,8-9-6-4-3-5-7-9)34-28-16(29)10-11(17(28)30)13(23)15(25)14(24)12(10)22/h3-7H,8H2,1-2H3. The average Bonchev–Trinajstić information content (AvgIpc) is 3.07. The molecule has 0 spiro atoms. The molecular weight excluding hydrogens is 532 g/mol. The van der Waals surface area contributed by atoms with Gasteiger partial charge in [-0.05, 0) is 5.56 Å². The minimum absolute atomic E-state index is 0.214. The van der Waals surface area contributed by atoms with Gasteiger partial charge in [-0.1, -0.05) is 76.7 Å². The fourth-order valence-electron chi connectivity index (χ4n) is 3.74. The maximum absolute atomic E-state index is 13.3. The van der Waals surface area contributed by atoms with E-state index in [9.17, 15) is 24.0 Å². The van der Waals surface area contributed by atoms with Crippen LogP contribution in [0.15, 0.2) is 30.3 Å². The second-order valence-corrected chi connectivity index (χ2v) is 9.01. The third-order valence-corrected chi connectivity index (χ3v) is 7.28. The molecule has 2 aliphatic rings. The lowest BCUT2D eigenvalue weighted by Gasteiger charge is -2.41. The molecule has 13 heteroatoms. The van der Waals surface area contributed by atoms with E-state index in [-0.39, 0.29) is 25.2 Å². The zero-order valence-corrected chi connectivity index (χ0v) is 20.4. The number of halogens is 4. The van der Waals surface area contributed by atoms with Gasteiger partial charge in [0, 0.05) is 20.5 Å². The minimum atomic E-state index is -2.47. The Morgan fingerprint density at radius 2 is 1.18 bits per heavy atom. The van der Waals surface area contributed by atoms with Crippen molar-refractivity contribution >= 4 is 76.1 Å². The first-order valence-corrected chi connectivity index (χ1v) is 11.0. The molecule has 9 nitrogen and oxygen atoms in total. The highest BCUT2D eigenvalue weighted by atomic mass is 35.5. The van der Waals surface area contributed by atoms with Gasteiger partial charge in [-0.3, -0.25) is 29.0 Å². The van der Waals surface area contributed by atoms with Crippen LogP contribution in [0, 0.1) is 0 Å².